The first-order chi connectivity index (χ1) is 8.14. The third kappa shape index (κ3) is 3.11. The lowest BCUT2D eigenvalue weighted by molar-refractivity contribution is 0.360. The molecule has 0 atom stereocenters. The lowest BCUT2D eigenvalue weighted by Gasteiger charge is -2.26. The number of nitrogens with zero attached hydrogens (tertiary/aromatic N) is 1. The van der Waals surface area contributed by atoms with Crippen molar-refractivity contribution >= 4 is 28.5 Å². The highest BCUT2D eigenvalue weighted by molar-refractivity contribution is 7.89. The largest absolute Gasteiger partial charge is 0.314 e. The quantitative estimate of drug-likeness (QED) is 0.913. The molecule has 18 heavy (non-hydrogen) atoms. The van der Waals surface area contributed by atoms with Gasteiger partial charge in [0.15, 0.2) is 0 Å². The number of rotatable bonds is 3. The molecule has 6 heteroatoms. The van der Waals surface area contributed by atoms with Gasteiger partial charge >= 0.3 is 0 Å². The minimum atomic E-state index is -3.33. The molecule has 0 aromatic heterocycles. The molecule has 0 aliphatic carbocycles. The average molecular weight is 289 g/mol. The number of nitrogens with one attached hydrogen (secondary N) is 1. The second-order valence-electron chi connectivity index (χ2n) is 3.93. The van der Waals surface area contributed by atoms with Crippen molar-refractivity contribution in [2.75, 3.05) is 26.2 Å². The van der Waals surface area contributed by atoms with E-state index >= 15 is 0 Å². The molecule has 100 valence electrons. The van der Waals surface area contributed by atoms with Crippen molar-refractivity contribution in [3.05, 3.63) is 36.4 Å². The summed E-state index contributed by atoms with van der Waals surface area (Å²) in [5.74, 6) is 0. The molecule has 1 heterocycles. The van der Waals surface area contributed by atoms with Gasteiger partial charge < -0.3 is 5.32 Å². The van der Waals surface area contributed by atoms with E-state index in [0.717, 1.165) is 5.56 Å². The molecule has 0 unspecified atom stereocenters. The van der Waals surface area contributed by atoms with Gasteiger partial charge in [-0.2, -0.15) is 4.31 Å². The molecule has 0 bridgehead atoms. The molecule has 0 spiro atoms. The number of hydrogen-bond acceptors (Lipinski definition) is 3. The van der Waals surface area contributed by atoms with Gasteiger partial charge in [-0.25, -0.2) is 8.42 Å². The van der Waals surface area contributed by atoms with E-state index in [2.05, 4.69) is 11.9 Å². The Hall–Kier alpha value is -0.880. The SMILES string of the molecule is C=Cc1ccc(S(=O)(=O)N2CCNCC2)cc1.Cl. The summed E-state index contributed by atoms with van der Waals surface area (Å²) in [6, 6.07) is 6.80. The number of halogens is 1. The lowest BCUT2D eigenvalue weighted by atomic mass is 10.2. The van der Waals surface area contributed by atoms with E-state index < -0.39 is 10.0 Å². The summed E-state index contributed by atoms with van der Waals surface area (Å²) in [6.07, 6.45) is 1.70. The number of piperazine rings is 1. The predicted molar refractivity (Wildman–Crippen MR) is 75.4 cm³/mol. The zero-order chi connectivity index (χ0) is 12.3. The Labute approximate surface area is 114 Å². The van der Waals surface area contributed by atoms with Crippen molar-refractivity contribution < 1.29 is 8.42 Å². The van der Waals surface area contributed by atoms with Crippen LogP contribution in [0.3, 0.4) is 0 Å². The Morgan fingerprint density at radius 1 is 1.17 bits per heavy atom. The third-order valence-corrected chi connectivity index (χ3v) is 4.74. The van der Waals surface area contributed by atoms with Crippen LogP contribution in [-0.4, -0.2) is 38.9 Å². The summed E-state index contributed by atoms with van der Waals surface area (Å²) < 4.78 is 26.0. The summed E-state index contributed by atoms with van der Waals surface area (Å²) in [6.45, 7) is 6.14. The van der Waals surface area contributed by atoms with Crippen molar-refractivity contribution in [3.8, 4) is 0 Å². The van der Waals surface area contributed by atoms with Crippen molar-refractivity contribution in [2.24, 2.45) is 0 Å². The smallest absolute Gasteiger partial charge is 0.243 e. The summed E-state index contributed by atoms with van der Waals surface area (Å²) >= 11 is 0. The fourth-order valence-corrected chi connectivity index (χ4v) is 3.25. The minimum absolute atomic E-state index is 0. The Kier molecular flexibility index (Phi) is 5.34. The summed E-state index contributed by atoms with van der Waals surface area (Å²) in [7, 11) is -3.33. The van der Waals surface area contributed by atoms with Gasteiger partial charge in [0, 0.05) is 26.2 Å². The zero-order valence-electron chi connectivity index (χ0n) is 10.0. The van der Waals surface area contributed by atoms with Crippen LogP contribution in [0.2, 0.25) is 0 Å². The predicted octanol–water partition coefficient (Wildman–Crippen LogP) is 1.35. The van der Waals surface area contributed by atoms with Crippen molar-refractivity contribution in [1.29, 1.82) is 0 Å². The molecule has 1 N–H and O–H groups in total. The van der Waals surface area contributed by atoms with Crippen LogP contribution >= 0.6 is 12.4 Å². The first-order valence-electron chi connectivity index (χ1n) is 5.58. The van der Waals surface area contributed by atoms with Gasteiger partial charge in [-0.1, -0.05) is 24.8 Å². The summed E-state index contributed by atoms with van der Waals surface area (Å²) in [4.78, 5) is 0.352. The number of sulfonamides is 1. The highest BCUT2D eigenvalue weighted by Crippen LogP contribution is 2.17. The van der Waals surface area contributed by atoms with Gasteiger partial charge in [0.05, 0.1) is 4.90 Å². The van der Waals surface area contributed by atoms with E-state index in [-0.39, 0.29) is 12.4 Å². The Morgan fingerprint density at radius 3 is 2.22 bits per heavy atom. The second kappa shape index (κ2) is 6.33. The van der Waals surface area contributed by atoms with Crippen LogP contribution in [0.25, 0.3) is 6.08 Å². The first kappa shape index (κ1) is 15.2. The maximum Gasteiger partial charge on any atom is 0.243 e. The molecule has 0 radical (unpaired) electrons. The zero-order valence-corrected chi connectivity index (χ0v) is 11.6. The Bertz CT molecular complexity index is 493. The van der Waals surface area contributed by atoms with Gasteiger partial charge in [-0.15, -0.1) is 12.4 Å². The summed E-state index contributed by atoms with van der Waals surface area (Å²) in [5, 5.41) is 3.14. The maximum atomic E-state index is 12.3. The van der Waals surface area contributed by atoms with Crippen LogP contribution in [0.4, 0.5) is 0 Å². The molecule has 4 nitrogen and oxygen atoms in total. The molecule has 0 saturated carbocycles. The minimum Gasteiger partial charge on any atom is -0.314 e. The van der Waals surface area contributed by atoms with Crippen molar-refractivity contribution in [1.82, 2.24) is 9.62 Å². The average Bonchev–Trinajstić information content (AvgIpc) is 2.40. The van der Waals surface area contributed by atoms with Gasteiger partial charge in [-0.05, 0) is 17.7 Å². The molecule has 1 aliphatic heterocycles. The standard InChI is InChI=1S/C12H16N2O2S.ClH/c1-2-11-3-5-12(6-4-11)17(15,16)14-9-7-13-8-10-14;/h2-6,13H,1,7-10H2;1H. The van der Waals surface area contributed by atoms with E-state index in [9.17, 15) is 8.42 Å². The van der Waals surface area contributed by atoms with Crippen LogP contribution in [0.5, 0.6) is 0 Å². The lowest BCUT2D eigenvalue weighted by Crippen LogP contribution is -2.46. The maximum absolute atomic E-state index is 12.3. The van der Waals surface area contributed by atoms with Crippen LogP contribution in [0.1, 0.15) is 5.56 Å². The molecule has 0 amide bonds. The van der Waals surface area contributed by atoms with E-state index in [1.807, 2.05) is 0 Å². The van der Waals surface area contributed by atoms with Crippen molar-refractivity contribution in [3.63, 3.8) is 0 Å². The Morgan fingerprint density at radius 2 is 1.72 bits per heavy atom. The number of hydrogen-bond donors (Lipinski definition) is 1. The van der Waals surface area contributed by atoms with Gasteiger partial charge in [0.1, 0.15) is 0 Å². The second-order valence-corrected chi connectivity index (χ2v) is 5.87. The highest BCUT2D eigenvalue weighted by atomic mass is 35.5. The molecular weight excluding hydrogens is 272 g/mol. The fourth-order valence-electron chi connectivity index (χ4n) is 1.81. The molecule has 1 aliphatic rings. The van der Waals surface area contributed by atoms with Gasteiger partial charge in [-0.3, -0.25) is 0 Å². The van der Waals surface area contributed by atoms with Crippen molar-refractivity contribution in [2.45, 2.75) is 4.90 Å². The van der Waals surface area contributed by atoms with Crippen LogP contribution in [0, 0.1) is 0 Å². The Balaban J connectivity index is 0.00000162. The van der Waals surface area contributed by atoms with Gasteiger partial charge in [0.2, 0.25) is 10.0 Å². The molecule has 1 fully saturated rings. The highest BCUT2D eigenvalue weighted by Gasteiger charge is 2.25. The van der Waals surface area contributed by atoms with Crippen LogP contribution < -0.4 is 5.32 Å². The van der Waals surface area contributed by atoms with E-state index in [1.54, 1.807) is 30.3 Å². The molecular formula is C12H17ClN2O2S. The molecule has 1 aromatic rings. The van der Waals surface area contributed by atoms with Gasteiger partial charge in [0.25, 0.3) is 0 Å². The summed E-state index contributed by atoms with van der Waals surface area (Å²) in [5.41, 5.74) is 0.921. The molecule has 1 aromatic carbocycles. The topological polar surface area (TPSA) is 49.4 Å². The molecule has 2 rings (SSSR count). The van der Waals surface area contributed by atoms with E-state index in [4.69, 9.17) is 0 Å². The number of benzene rings is 1. The third-order valence-electron chi connectivity index (χ3n) is 2.83. The van der Waals surface area contributed by atoms with E-state index in [1.165, 1.54) is 4.31 Å². The normalized spacial score (nSPS) is 16.9. The monoisotopic (exact) mass is 288 g/mol. The van der Waals surface area contributed by atoms with Crippen LogP contribution in [0.15, 0.2) is 35.7 Å². The fraction of sp³-hybridized carbons (Fsp3) is 0.333. The molecule has 1 saturated heterocycles. The van der Waals surface area contributed by atoms with E-state index in [0.29, 0.717) is 31.1 Å². The first-order valence-corrected chi connectivity index (χ1v) is 7.02. The van der Waals surface area contributed by atoms with Crippen LogP contribution in [-0.2, 0) is 10.0 Å².